The lowest BCUT2D eigenvalue weighted by molar-refractivity contribution is 0.00502. The second-order valence-electron chi connectivity index (χ2n) is 21.1. The van der Waals surface area contributed by atoms with Crippen molar-refractivity contribution in [1.29, 1.82) is 0 Å². The number of aromatic amines is 2. The number of hydrogen-bond donors (Lipinski definition) is 2. The predicted octanol–water partition coefficient (Wildman–Crippen LogP) is 14.6. The van der Waals surface area contributed by atoms with Gasteiger partial charge >= 0.3 is 0 Å². The van der Waals surface area contributed by atoms with Crippen LogP contribution in [0.15, 0.2) is 97.1 Å². The molecule has 0 spiro atoms. The summed E-state index contributed by atoms with van der Waals surface area (Å²) in [5.41, 5.74) is 21.1. The van der Waals surface area contributed by atoms with E-state index in [9.17, 15) is 0 Å². The first-order valence-electron chi connectivity index (χ1n) is 30.1. The molecule has 7 heterocycles. The van der Waals surface area contributed by atoms with Gasteiger partial charge in [0.2, 0.25) is 0 Å². The van der Waals surface area contributed by atoms with Gasteiger partial charge in [0, 0.05) is 44.1 Å². The van der Waals surface area contributed by atoms with Crippen molar-refractivity contribution in [2.75, 3.05) is 106 Å². The molecular formula is C70H82N4O10. The van der Waals surface area contributed by atoms with Gasteiger partial charge in [-0.05, 0) is 134 Å². The lowest BCUT2D eigenvalue weighted by Gasteiger charge is -2.14. The van der Waals surface area contributed by atoms with Crippen LogP contribution in [0.2, 0.25) is 0 Å². The van der Waals surface area contributed by atoms with Crippen LogP contribution in [-0.2, 0) is 41.3 Å². The number of rotatable bonds is 4. The molecule has 0 aliphatic carbocycles. The Labute approximate surface area is 494 Å². The molecule has 14 bridgehead atoms. The lowest BCUT2D eigenvalue weighted by atomic mass is 9.94. The van der Waals surface area contributed by atoms with Crippen LogP contribution < -0.4 is 18.9 Å². The topological polar surface area (TPSA) is 150 Å². The van der Waals surface area contributed by atoms with E-state index in [1.807, 2.05) is 60.7 Å². The smallest absolute Gasteiger partial charge is 0.127 e. The van der Waals surface area contributed by atoms with Gasteiger partial charge in [-0.2, -0.15) is 0 Å². The predicted molar refractivity (Wildman–Crippen MR) is 337 cm³/mol. The van der Waals surface area contributed by atoms with Crippen molar-refractivity contribution in [1.82, 2.24) is 19.9 Å². The van der Waals surface area contributed by atoms with Crippen LogP contribution >= 0.6 is 0 Å². The fraction of sp³-hybridized carbons (Fsp3) is 0.400. The number of ether oxygens (including phenoxy) is 10. The first-order valence-corrected chi connectivity index (χ1v) is 30.1. The molecule has 0 saturated heterocycles. The van der Waals surface area contributed by atoms with Crippen LogP contribution in [0.25, 0.3) is 77.4 Å². The van der Waals surface area contributed by atoms with Crippen molar-refractivity contribution >= 4 is 55.1 Å². The Morgan fingerprint density at radius 2 is 0.690 bits per heavy atom. The molecule has 0 radical (unpaired) electrons. The molecular weight excluding hydrogens is 1060 g/mol. The summed E-state index contributed by atoms with van der Waals surface area (Å²) in [6.07, 6.45) is 3.22. The second kappa shape index (κ2) is 29.0. The Bertz CT molecular complexity index is 3430. The molecule has 0 unspecified atom stereocenters. The summed E-state index contributed by atoms with van der Waals surface area (Å²) in [6.45, 7) is 24.4. The van der Waals surface area contributed by atoms with Gasteiger partial charge in [0.25, 0.3) is 0 Å². The first kappa shape index (κ1) is 59.8. The maximum Gasteiger partial charge on any atom is 0.127 e. The fourth-order valence-corrected chi connectivity index (χ4v) is 11.9. The summed E-state index contributed by atoms with van der Waals surface area (Å²) in [5.74, 6) is 3.04. The highest BCUT2D eigenvalue weighted by molar-refractivity contribution is 6.04. The molecule has 0 amide bonds. The van der Waals surface area contributed by atoms with Crippen LogP contribution in [0.4, 0.5) is 0 Å². The number of hydrogen-bond acceptors (Lipinski definition) is 12. The van der Waals surface area contributed by atoms with Gasteiger partial charge in [-0.1, -0.05) is 88.4 Å². The van der Waals surface area contributed by atoms with E-state index in [1.54, 1.807) is 0 Å². The molecule has 14 nitrogen and oxygen atoms in total. The molecule has 4 aromatic carbocycles. The van der Waals surface area contributed by atoms with Crippen LogP contribution in [0.1, 0.15) is 99.4 Å². The number of nitrogens with zero attached hydrogens (tertiary/aromatic N) is 2. The summed E-state index contributed by atoms with van der Waals surface area (Å²) in [7, 11) is 0. The molecule has 3 aromatic heterocycles. The average Bonchev–Trinajstić information content (AvgIpc) is 2.22. The Morgan fingerprint density at radius 1 is 0.369 bits per heavy atom. The van der Waals surface area contributed by atoms with E-state index in [2.05, 4.69) is 102 Å². The first-order chi connectivity index (χ1) is 41.2. The molecule has 0 fully saturated rings. The van der Waals surface area contributed by atoms with Crippen LogP contribution in [0, 0.1) is 13.8 Å². The van der Waals surface area contributed by atoms with E-state index in [-0.39, 0.29) is 0 Å². The standard InChI is InChI=1S/C70H82N4O10/c1-9-49-45(5)67-65-55-19-13-15-23-63(55)83-41-37-79-33-29-75-27-31-77-35-39-81-61-25-17-22-54-53(61)21-18-26-62(54)82-40-36-78-32-28-76-30-34-80-38-42-84-64-24-16-14-20-56(64)66(69-46(6)50(10-2)58(72-69)43-57(49)71-67)70-48(8)52(12-4)60(74-70)44-59-51(11-3)47(7)68(65)73-59/h13-26,43-44,71,74H,9-12,27-42H2,1-8H3. The molecule has 0 saturated carbocycles. The third kappa shape index (κ3) is 13.3. The maximum absolute atomic E-state index is 6.68. The van der Waals surface area contributed by atoms with Gasteiger partial charge in [0.1, 0.15) is 49.4 Å². The SMILES string of the molecule is CCC1=C(C)c2nc1cc1[nH]c(c(C)c1CC)c1c3nc(cc4[nH]c(c(C)c4CC)c2-c2ccccc2OCCOCCOCCOCCOc2cccc4c(cccc24)OCCOCCOCCOCCOc2ccccc2-1)C(CC)=C3C. The number of nitrogens with one attached hydrogen (secondary N) is 2. The summed E-state index contributed by atoms with van der Waals surface area (Å²) < 4.78 is 61.3. The normalized spacial score (nSPS) is 16.2. The van der Waals surface area contributed by atoms with Gasteiger partial charge in [-0.25, -0.2) is 9.97 Å². The molecule has 7 aromatic rings. The zero-order valence-corrected chi connectivity index (χ0v) is 50.4. The van der Waals surface area contributed by atoms with Crippen LogP contribution in [0.3, 0.4) is 0 Å². The van der Waals surface area contributed by atoms with E-state index < -0.39 is 0 Å². The summed E-state index contributed by atoms with van der Waals surface area (Å²) in [4.78, 5) is 19.3. The molecule has 0 atom stereocenters. The van der Waals surface area contributed by atoms with Gasteiger partial charge in [0.15, 0.2) is 0 Å². The van der Waals surface area contributed by atoms with Gasteiger partial charge in [-0.15, -0.1) is 0 Å². The number of fused-ring (bicyclic) bond motifs is 24. The lowest BCUT2D eigenvalue weighted by Crippen LogP contribution is -2.14. The number of benzene rings is 4. The second-order valence-corrected chi connectivity index (χ2v) is 21.1. The van der Waals surface area contributed by atoms with E-state index in [0.717, 1.165) is 149 Å². The van der Waals surface area contributed by atoms with Crippen molar-refractivity contribution in [2.24, 2.45) is 0 Å². The summed E-state index contributed by atoms with van der Waals surface area (Å²) >= 11 is 0. The number of aromatic nitrogens is 4. The highest BCUT2D eigenvalue weighted by Crippen LogP contribution is 2.46. The number of para-hydroxylation sites is 2. The number of aryl methyl sites for hydroxylation is 4. The largest absolute Gasteiger partial charge is 0.491 e. The van der Waals surface area contributed by atoms with Gasteiger partial charge < -0.3 is 57.3 Å². The summed E-state index contributed by atoms with van der Waals surface area (Å²) in [6, 6.07) is 33.1. The number of allylic oxidation sites excluding steroid dienone is 4. The van der Waals surface area contributed by atoms with Crippen molar-refractivity contribution in [2.45, 2.75) is 81.1 Å². The molecule has 2 N–H and O–H groups in total. The van der Waals surface area contributed by atoms with Crippen molar-refractivity contribution in [3.63, 3.8) is 0 Å². The minimum atomic E-state index is 0.349. The Hall–Kier alpha value is -7.30. The Kier molecular flexibility index (Phi) is 20.7. The van der Waals surface area contributed by atoms with Crippen molar-refractivity contribution in [3.8, 4) is 45.3 Å². The van der Waals surface area contributed by atoms with E-state index in [0.29, 0.717) is 106 Å². The monoisotopic (exact) mass is 1140 g/mol. The van der Waals surface area contributed by atoms with Gasteiger partial charge in [-0.3, -0.25) is 0 Å². The van der Waals surface area contributed by atoms with E-state index >= 15 is 0 Å². The molecule has 14 heteroatoms. The van der Waals surface area contributed by atoms with E-state index in [4.69, 9.17) is 57.3 Å². The average molecular weight is 1140 g/mol. The summed E-state index contributed by atoms with van der Waals surface area (Å²) in [5, 5.41) is 1.94. The highest BCUT2D eigenvalue weighted by atomic mass is 16.6. The highest BCUT2D eigenvalue weighted by Gasteiger charge is 2.28. The zero-order chi connectivity index (χ0) is 58.4. The molecule has 11 rings (SSSR count). The molecule has 4 aliphatic rings. The molecule has 84 heavy (non-hydrogen) atoms. The van der Waals surface area contributed by atoms with Crippen LogP contribution in [-0.4, -0.2) is 126 Å². The third-order valence-corrected chi connectivity index (χ3v) is 16.1. The number of H-pyrrole nitrogens is 2. The van der Waals surface area contributed by atoms with Gasteiger partial charge in [0.05, 0.1) is 113 Å². The Balaban J connectivity index is 1.01. The van der Waals surface area contributed by atoms with Crippen molar-refractivity contribution in [3.05, 3.63) is 142 Å². The maximum atomic E-state index is 6.68. The quantitative estimate of drug-likeness (QED) is 0.162. The van der Waals surface area contributed by atoms with E-state index in [1.165, 1.54) is 22.3 Å². The molecule has 4 aliphatic heterocycles. The fourth-order valence-electron chi connectivity index (χ4n) is 11.9. The zero-order valence-electron chi connectivity index (χ0n) is 50.4. The van der Waals surface area contributed by atoms with Crippen LogP contribution in [0.5, 0.6) is 23.0 Å². The Morgan fingerprint density at radius 3 is 1.04 bits per heavy atom. The minimum Gasteiger partial charge on any atom is -0.491 e. The third-order valence-electron chi connectivity index (χ3n) is 16.1. The molecule has 442 valence electrons. The minimum absolute atomic E-state index is 0.349. The van der Waals surface area contributed by atoms with Crippen molar-refractivity contribution < 1.29 is 47.4 Å².